The molecule has 5 heteroatoms. The maximum absolute atomic E-state index is 12.9. The smallest absolute Gasteiger partial charge is 0.272 e. The topological polar surface area (TPSA) is 71.3 Å². The van der Waals surface area contributed by atoms with Crippen LogP contribution in [0.2, 0.25) is 0 Å². The van der Waals surface area contributed by atoms with Gasteiger partial charge in [-0.3, -0.25) is 9.59 Å². The molecular weight excluding hydrogens is 376 g/mol. The second kappa shape index (κ2) is 10.3. The van der Waals surface area contributed by atoms with Crippen molar-refractivity contribution in [3.8, 4) is 0 Å². The molecule has 3 aromatic rings. The molecular formula is C25H26N2O3. The van der Waals surface area contributed by atoms with Gasteiger partial charge in [0, 0.05) is 17.3 Å². The number of anilines is 1. The molecule has 154 valence electrons. The Morgan fingerprint density at radius 2 is 1.77 bits per heavy atom. The number of furan rings is 1. The van der Waals surface area contributed by atoms with E-state index in [1.165, 1.54) is 17.9 Å². The second-order valence-electron chi connectivity index (χ2n) is 7.10. The Morgan fingerprint density at radius 1 is 1.00 bits per heavy atom. The molecule has 0 atom stereocenters. The Bertz CT molecular complexity index is 1020. The zero-order valence-electron chi connectivity index (χ0n) is 17.3. The van der Waals surface area contributed by atoms with Gasteiger partial charge in [0.15, 0.2) is 0 Å². The SMILES string of the molecule is CCCCc1ccc(NC(=O)/C(=C/c2ccco2)NC(=O)c2ccccc2C)cc1. The number of amides is 2. The van der Waals surface area contributed by atoms with Crippen LogP contribution in [0.4, 0.5) is 5.69 Å². The number of benzene rings is 2. The number of rotatable bonds is 8. The van der Waals surface area contributed by atoms with Gasteiger partial charge in [0.2, 0.25) is 0 Å². The van der Waals surface area contributed by atoms with Crippen molar-refractivity contribution in [1.82, 2.24) is 5.32 Å². The molecule has 0 radical (unpaired) electrons. The molecule has 0 bridgehead atoms. The summed E-state index contributed by atoms with van der Waals surface area (Å²) in [5.74, 6) is -0.300. The van der Waals surface area contributed by atoms with Gasteiger partial charge in [-0.1, -0.05) is 43.7 Å². The molecule has 5 nitrogen and oxygen atoms in total. The first-order valence-corrected chi connectivity index (χ1v) is 10.1. The van der Waals surface area contributed by atoms with E-state index in [2.05, 4.69) is 17.6 Å². The second-order valence-corrected chi connectivity index (χ2v) is 7.10. The Labute approximate surface area is 176 Å². The molecule has 2 aromatic carbocycles. The van der Waals surface area contributed by atoms with Crippen molar-refractivity contribution in [3.63, 3.8) is 0 Å². The average Bonchev–Trinajstić information content (AvgIpc) is 3.26. The molecule has 0 aliphatic rings. The molecule has 1 aromatic heterocycles. The van der Waals surface area contributed by atoms with Gasteiger partial charge in [0.05, 0.1) is 6.26 Å². The molecule has 30 heavy (non-hydrogen) atoms. The summed E-state index contributed by atoms with van der Waals surface area (Å²) in [6.45, 7) is 4.01. The third-order valence-electron chi connectivity index (χ3n) is 4.74. The van der Waals surface area contributed by atoms with Crippen molar-refractivity contribution >= 4 is 23.6 Å². The maximum atomic E-state index is 12.9. The first-order chi connectivity index (χ1) is 14.6. The third-order valence-corrected chi connectivity index (χ3v) is 4.74. The van der Waals surface area contributed by atoms with Crippen molar-refractivity contribution in [2.45, 2.75) is 33.1 Å². The van der Waals surface area contributed by atoms with Gasteiger partial charge in [-0.15, -0.1) is 0 Å². The van der Waals surface area contributed by atoms with Crippen LogP contribution >= 0.6 is 0 Å². The Morgan fingerprint density at radius 3 is 2.43 bits per heavy atom. The zero-order chi connectivity index (χ0) is 21.3. The predicted octanol–water partition coefficient (Wildman–Crippen LogP) is 5.34. The van der Waals surface area contributed by atoms with E-state index >= 15 is 0 Å². The largest absolute Gasteiger partial charge is 0.465 e. The Balaban J connectivity index is 1.77. The van der Waals surface area contributed by atoms with Gasteiger partial charge in [-0.2, -0.15) is 0 Å². The molecule has 0 saturated carbocycles. The van der Waals surface area contributed by atoms with Gasteiger partial charge in [-0.05, 0) is 61.2 Å². The molecule has 0 aliphatic heterocycles. The van der Waals surface area contributed by atoms with Crippen LogP contribution in [0.1, 0.15) is 47.0 Å². The summed E-state index contributed by atoms with van der Waals surface area (Å²) >= 11 is 0. The summed E-state index contributed by atoms with van der Waals surface area (Å²) in [6.07, 6.45) is 6.31. The number of aryl methyl sites for hydroxylation is 2. The lowest BCUT2D eigenvalue weighted by Gasteiger charge is -2.12. The van der Waals surface area contributed by atoms with Gasteiger partial charge in [0.25, 0.3) is 11.8 Å². The minimum Gasteiger partial charge on any atom is -0.465 e. The molecule has 2 N–H and O–H groups in total. The highest BCUT2D eigenvalue weighted by atomic mass is 16.3. The van der Waals surface area contributed by atoms with Gasteiger partial charge in [-0.25, -0.2) is 0 Å². The molecule has 2 amide bonds. The summed E-state index contributed by atoms with van der Waals surface area (Å²) in [4.78, 5) is 25.7. The fraction of sp³-hybridized carbons (Fsp3) is 0.200. The van der Waals surface area contributed by atoms with E-state index in [0.717, 1.165) is 24.8 Å². The van der Waals surface area contributed by atoms with Crippen LogP contribution in [0.3, 0.4) is 0 Å². The van der Waals surface area contributed by atoms with E-state index in [-0.39, 0.29) is 11.6 Å². The van der Waals surface area contributed by atoms with E-state index in [9.17, 15) is 9.59 Å². The van der Waals surface area contributed by atoms with E-state index in [1.54, 1.807) is 24.3 Å². The minimum atomic E-state index is -0.422. The van der Waals surface area contributed by atoms with Crippen molar-refractivity contribution in [1.29, 1.82) is 0 Å². The fourth-order valence-corrected chi connectivity index (χ4v) is 3.03. The van der Waals surface area contributed by atoms with Crippen LogP contribution in [-0.4, -0.2) is 11.8 Å². The molecule has 0 fully saturated rings. The standard InChI is InChI=1S/C25H26N2O3/c1-3-4-9-19-12-14-20(15-13-19)26-25(29)23(17-21-10-7-16-30-21)27-24(28)22-11-6-5-8-18(22)2/h5-8,10-17H,3-4,9H2,1-2H3,(H,26,29)(H,27,28)/b23-17-. The van der Waals surface area contributed by atoms with Crippen molar-refractivity contribution in [2.75, 3.05) is 5.32 Å². The van der Waals surface area contributed by atoms with Crippen LogP contribution in [0, 0.1) is 6.92 Å². The average molecular weight is 402 g/mol. The molecule has 0 spiro atoms. The van der Waals surface area contributed by atoms with E-state index < -0.39 is 5.91 Å². The zero-order valence-corrected chi connectivity index (χ0v) is 17.3. The number of carbonyl (C=O) groups excluding carboxylic acids is 2. The van der Waals surface area contributed by atoms with E-state index in [1.807, 2.05) is 43.3 Å². The number of carbonyl (C=O) groups is 2. The highest BCUT2D eigenvalue weighted by molar-refractivity contribution is 6.10. The Hall–Kier alpha value is -3.60. The minimum absolute atomic E-state index is 0.105. The quantitative estimate of drug-likeness (QED) is 0.500. The molecule has 0 unspecified atom stereocenters. The molecule has 0 aliphatic carbocycles. The van der Waals surface area contributed by atoms with Gasteiger partial charge >= 0.3 is 0 Å². The van der Waals surface area contributed by atoms with Gasteiger partial charge in [0.1, 0.15) is 11.5 Å². The summed E-state index contributed by atoms with van der Waals surface area (Å²) < 4.78 is 5.32. The summed E-state index contributed by atoms with van der Waals surface area (Å²) in [7, 11) is 0. The summed E-state index contributed by atoms with van der Waals surface area (Å²) in [6, 6.07) is 18.4. The molecule has 1 heterocycles. The molecule has 0 saturated heterocycles. The van der Waals surface area contributed by atoms with Crippen molar-refractivity contribution in [3.05, 3.63) is 95.1 Å². The fourth-order valence-electron chi connectivity index (χ4n) is 3.03. The first kappa shape index (κ1) is 21.1. The number of hydrogen-bond acceptors (Lipinski definition) is 3. The summed E-state index contributed by atoms with van der Waals surface area (Å²) in [5, 5.41) is 5.57. The third kappa shape index (κ3) is 5.70. The summed E-state index contributed by atoms with van der Waals surface area (Å²) in [5.41, 5.74) is 3.34. The lowest BCUT2D eigenvalue weighted by atomic mass is 10.1. The normalized spacial score (nSPS) is 11.2. The van der Waals surface area contributed by atoms with Crippen LogP contribution in [0.25, 0.3) is 6.08 Å². The Kier molecular flexibility index (Phi) is 7.22. The van der Waals surface area contributed by atoms with Gasteiger partial charge < -0.3 is 15.1 Å². The van der Waals surface area contributed by atoms with E-state index in [4.69, 9.17) is 4.42 Å². The van der Waals surface area contributed by atoms with Crippen LogP contribution in [0.5, 0.6) is 0 Å². The van der Waals surface area contributed by atoms with Crippen LogP contribution in [0.15, 0.2) is 77.0 Å². The highest BCUT2D eigenvalue weighted by Gasteiger charge is 2.16. The first-order valence-electron chi connectivity index (χ1n) is 10.1. The van der Waals surface area contributed by atoms with Crippen molar-refractivity contribution < 1.29 is 14.0 Å². The van der Waals surface area contributed by atoms with Crippen LogP contribution < -0.4 is 10.6 Å². The number of unbranched alkanes of at least 4 members (excludes halogenated alkanes) is 1. The van der Waals surface area contributed by atoms with Crippen LogP contribution in [-0.2, 0) is 11.2 Å². The lowest BCUT2D eigenvalue weighted by molar-refractivity contribution is -0.113. The monoisotopic (exact) mass is 402 g/mol. The van der Waals surface area contributed by atoms with Crippen molar-refractivity contribution in [2.24, 2.45) is 0 Å². The number of hydrogen-bond donors (Lipinski definition) is 2. The predicted molar refractivity (Wildman–Crippen MR) is 119 cm³/mol. The molecule has 3 rings (SSSR count). The van der Waals surface area contributed by atoms with E-state index in [0.29, 0.717) is 17.0 Å². The number of nitrogens with one attached hydrogen (secondary N) is 2. The highest BCUT2D eigenvalue weighted by Crippen LogP contribution is 2.15. The maximum Gasteiger partial charge on any atom is 0.272 e. The lowest BCUT2D eigenvalue weighted by Crippen LogP contribution is -2.31.